The Labute approximate surface area is 94.1 Å². The van der Waals surface area contributed by atoms with Gasteiger partial charge in [0.05, 0.1) is 0 Å². The first-order valence-electron chi connectivity index (χ1n) is 4.89. The third-order valence-corrected chi connectivity index (χ3v) is 4.53. The monoisotopic (exact) mass is 234 g/mol. The van der Waals surface area contributed by atoms with Crippen LogP contribution in [0, 0.1) is 0 Å². The fourth-order valence-corrected chi connectivity index (χ4v) is 2.49. The second-order valence-corrected chi connectivity index (χ2v) is 5.89. The molecule has 15 heavy (non-hydrogen) atoms. The van der Waals surface area contributed by atoms with Crippen molar-refractivity contribution in [1.29, 1.82) is 0 Å². The Morgan fingerprint density at radius 2 is 1.27 bits per heavy atom. The van der Waals surface area contributed by atoms with Gasteiger partial charge in [-0.3, -0.25) is 9.59 Å². The van der Waals surface area contributed by atoms with Gasteiger partial charge in [-0.05, 0) is 26.7 Å². The summed E-state index contributed by atoms with van der Waals surface area (Å²) < 4.78 is -2.08. The highest BCUT2D eigenvalue weighted by molar-refractivity contribution is 8.03. The van der Waals surface area contributed by atoms with Crippen molar-refractivity contribution in [2.45, 2.75) is 50.0 Å². The first-order valence-corrected chi connectivity index (χ1v) is 5.70. The second kappa shape index (κ2) is 4.88. The van der Waals surface area contributed by atoms with Crippen LogP contribution in [-0.4, -0.2) is 31.6 Å². The molecule has 0 aliphatic heterocycles. The van der Waals surface area contributed by atoms with Gasteiger partial charge in [0.25, 0.3) is 0 Å². The summed E-state index contributed by atoms with van der Waals surface area (Å²) in [5.41, 5.74) is 0. The molecule has 0 heterocycles. The van der Waals surface area contributed by atoms with Gasteiger partial charge < -0.3 is 10.2 Å². The van der Waals surface area contributed by atoms with Gasteiger partial charge in [-0.25, -0.2) is 0 Å². The van der Waals surface area contributed by atoms with Crippen molar-refractivity contribution in [3.8, 4) is 0 Å². The zero-order chi connectivity index (χ0) is 12.3. The summed E-state index contributed by atoms with van der Waals surface area (Å²) >= 11 is 1.01. The van der Waals surface area contributed by atoms with Crippen molar-refractivity contribution in [2.24, 2.45) is 0 Å². The van der Waals surface area contributed by atoms with Crippen molar-refractivity contribution in [3.63, 3.8) is 0 Å². The zero-order valence-electron chi connectivity index (χ0n) is 9.53. The molecule has 0 saturated heterocycles. The highest BCUT2D eigenvalue weighted by Gasteiger charge is 2.43. The van der Waals surface area contributed by atoms with Gasteiger partial charge in [-0.2, -0.15) is 0 Å². The molecule has 2 N–H and O–H groups in total. The van der Waals surface area contributed by atoms with E-state index in [0.717, 1.165) is 11.8 Å². The van der Waals surface area contributed by atoms with E-state index in [1.54, 1.807) is 27.7 Å². The van der Waals surface area contributed by atoms with E-state index >= 15 is 0 Å². The van der Waals surface area contributed by atoms with Crippen LogP contribution in [0.25, 0.3) is 0 Å². The summed E-state index contributed by atoms with van der Waals surface area (Å²) in [6.07, 6.45) is 0.797. The molecular formula is C10H18O4S. The molecule has 2 unspecified atom stereocenters. The first-order chi connectivity index (χ1) is 6.72. The minimum absolute atomic E-state index is 0.399. The Morgan fingerprint density at radius 3 is 1.40 bits per heavy atom. The van der Waals surface area contributed by atoms with Crippen molar-refractivity contribution in [3.05, 3.63) is 0 Å². The smallest absolute Gasteiger partial charge is 0.319 e. The molecule has 0 spiro atoms. The number of carboxylic acid groups (broad SMARTS) is 2. The van der Waals surface area contributed by atoms with E-state index in [-0.39, 0.29) is 0 Å². The van der Waals surface area contributed by atoms with E-state index in [0.29, 0.717) is 12.8 Å². The summed E-state index contributed by atoms with van der Waals surface area (Å²) in [6.45, 7) is 6.63. The minimum Gasteiger partial charge on any atom is -0.480 e. The van der Waals surface area contributed by atoms with Gasteiger partial charge in [0.1, 0.15) is 9.49 Å². The molecule has 0 fully saturated rings. The lowest BCUT2D eigenvalue weighted by atomic mass is 10.1. The van der Waals surface area contributed by atoms with E-state index in [1.807, 2.05) is 0 Å². The quantitative estimate of drug-likeness (QED) is 0.737. The summed E-state index contributed by atoms with van der Waals surface area (Å²) in [5.74, 6) is -1.92. The fourth-order valence-electron chi connectivity index (χ4n) is 1.03. The van der Waals surface area contributed by atoms with Crippen LogP contribution in [0.1, 0.15) is 40.5 Å². The van der Waals surface area contributed by atoms with E-state index in [4.69, 9.17) is 10.2 Å². The van der Waals surface area contributed by atoms with Gasteiger partial charge in [0, 0.05) is 0 Å². The standard InChI is InChI=1S/C10H18O4S/c1-5-9(3,7(11)12)15-10(4,6-2)8(13)14/h5-6H2,1-4H3,(H,11,12)(H,13,14). The van der Waals surface area contributed by atoms with E-state index < -0.39 is 21.4 Å². The lowest BCUT2D eigenvalue weighted by Crippen LogP contribution is -2.41. The molecule has 0 rings (SSSR count). The summed E-state index contributed by atoms with van der Waals surface area (Å²) in [4.78, 5) is 22.1. The van der Waals surface area contributed by atoms with Crippen LogP contribution >= 0.6 is 11.8 Å². The van der Waals surface area contributed by atoms with Crippen LogP contribution in [0.2, 0.25) is 0 Å². The van der Waals surface area contributed by atoms with Gasteiger partial charge in [0.15, 0.2) is 0 Å². The SMILES string of the molecule is CCC(C)(SC(C)(CC)C(=O)O)C(=O)O. The Kier molecular flexibility index (Phi) is 4.65. The molecule has 0 radical (unpaired) electrons. The molecule has 0 aliphatic rings. The summed E-state index contributed by atoms with van der Waals surface area (Å²) in [6, 6.07) is 0. The number of carbonyl (C=O) groups is 2. The average molecular weight is 234 g/mol. The predicted octanol–water partition coefficient (Wildman–Crippen LogP) is 2.23. The number of hydrogen-bond donors (Lipinski definition) is 2. The fraction of sp³-hybridized carbons (Fsp3) is 0.800. The van der Waals surface area contributed by atoms with Crippen molar-refractivity contribution >= 4 is 23.7 Å². The van der Waals surface area contributed by atoms with Gasteiger partial charge in [0.2, 0.25) is 0 Å². The van der Waals surface area contributed by atoms with Crippen LogP contribution < -0.4 is 0 Å². The lowest BCUT2D eigenvalue weighted by molar-refractivity contribution is -0.139. The van der Waals surface area contributed by atoms with Crippen LogP contribution in [0.5, 0.6) is 0 Å². The minimum atomic E-state index is -1.04. The third-order valence-electron chi connectivity index (χ3n) is 2.70. The molecular weight excluding hydrogens is 216 g/mol. The Balaban J connectivity index is 4.95. The molecule has 0 aromatic carbocycles. The van der Waals surface area contributed by atoms with Gasteiger partial charge in [-0.15, -0.1) is 11.8 Å². The normalized spacial score (nSPS) is 18.9. The van der Waals surface area contributed by atoms with Gasteiger partial charge >= 0.3 is 11.9 Å². The van der Waals surface area contributed by atoms with E-state index in [1.165, 1.54) is 0 Å². The van der Waals surface area contributed by atoms with Crippen LogP contribution in [0.3, 0.4) is 0 Å². The molecule has 2 atom stereocenters. The van der Waals surface area contributed by atoms with E-state index in [9.17, 15) is 9.59 Å². The number of aliphatic carboxylic acids is 2. The molecule has 88 valence electrons. The highest BCUT2D eigenvalue weighted by Crippen LogP contribution is 2.41. The number of thioether (sulfide) groups is 1. The number of hydrogen-bond acceptors (Lipinski definition) is 3. The van der Waals surface area contributed by atoms with Crippen LogP contribution in [0.4, 0.5) is 0 Å². The Hall–Kier alpha value is -0.710. The number of rotatable bonds is 6. The van der Waals surface area contributed by atoms with E-state index in [2.05, 4.69) is 0 Å². The second-order valence-electron chi connectivity index (χ2n) is 3.88. The molecule has 0 aromatic rings. The van der Waals surface area contributed by atoms with Crippen molar-refractivity contribution < 1.29 is 19.8 Å². The number of carboxylic acids is 2. The van der Waals surface area contributed by atoms with Crippen molar-refractivity contribution in [2.75, 3.05) is 0 Å². The maximum absolute atomic E-state index is 11.1. The predicted molar refractivity (Wildman–Crippen MR) is 60.3 cm³/mol. The highest BCUT2D eigenvalue weighted by atomic mass is 32.2. The Bertz CT molecular complexity index is 240. The molecule has 4 nitrogen and oxygen atoms in total. The molecule has 0 aromatic heterocycles. The molecule has 0 bridgehead atoms. The van der Waals surface area contributed by atoms with Crippen LogP contribution in [-0.2, 0) is 9.59 Å². The topological polar surface area (TPSA) is 74.6 Å². The Morgan fingerprint density at radius 1 is 1.00 bits per heavy atom. The zero-order valence-corrected chi connectivity index (χ0v) is 10.3. The lowest BCUT2D eigenvalue weighted by Gasteiger charge is -2.32. The van der Waals surface area contributed by atoms with Gasteiger partial charge in [-0.1, -0.05) is 13.8 Å². The van der Waals surface area contributed by atoms with Crippen LogP contribution in [0.15, 0.2) is 0 Å². The van der Waals surface area contributed by atoms with Crippen molar-refractivity contribution in [1.82, 2.24) is 0 Å². The first kappa shape index (κ1) is 14.3. The third kappa shape index (κ3) is 3.12. The maximum Gasteiger partial charge on any atom is 0.319 e. The average Bonchev–Trinajstić information content (AvgIpc) is 2.16. The maximum atomic E-state index is 11.1. The molecule has 0 saturated carbocycles. The largest absolute Gasteiger partial charge is 0.480 e. The molecule has 5 heteroatoms. The molecule has 0 aliphatic carbocycles. The summed E-state index contributed by atoms with van der Waals surface area (Å²) in [7, 11) is 0. The summed E-state index contributed by atoms with van der Waals surface area (Å²) in [5, 5.41) is 18.1. The molecule has 0 amide bonds.